The molecule has 0 aliphatic carbocycles. The molecule has 0 bridgehead atoms. The lowest BCUT2D eigenvalue weighted by atomic mass is 10.1. The largest absolute Gasteiger partial charge is 0.337 e. The molecule has 4 heteroatoms. The van der Waals surface area contributed by atoms with Crippen molar-refractivity contribution in [2.24, 2.45) is 0 Å². The van der Waals surface area contributed by atoms with Gasteiger partial charge in [-0.05, 0) is 12.1 Å². The van der Waals surface area contributed by atoms with E-state index in [1.165, 1.54) is 0 Å². The maximum absolute atomic E-state index is 5.11. The zero-order chi connectivity index (χ0) is 22.7. The zero-order valence-corrected chi connectivity index (χ0v) is 18.5. The molecule has 0 fully saturated rings. The Morgan fingerprint density at radius 1 is 0.529 bits per heavy atom. The van der Waals surface area contributed by atoms with Crippen molar-refractivity contribution in [1.29, 1.82) is 0 Å². The van der Waals surface area contributed by atoms with Gasteiger partial charge in [-0.2, -0.15) is 5.10 Å². The molecule has 4 aromatic carbocycles. The van der Waals surface area contributed by atoms with Crippen LogP contribution in [-0.4, -0.2) is 19.7 Å². The number of para-hydroxylation sites is 1. The van der Waals surface area contributed by atoms with E-state index in [-0.39, 0.29) is 0 Å². The quantitative estimate of drug-likeness (QED) is 0.308. The van der Waals surface area contributed by atoms with Crippen molar-refractivity contribution in [2.45, 2.75) is 0 Å². The van der Waals surface area contributed by atoms with Gasteiger partial charge < -0.3 is 4.98 Å². The molecule has 0 amide bonds. The summed E-state index contributed by atoms with van der Waals surface area (Å²) in [5, 5.41) is 4.97. The summed E-state index contributed by atoms with van der Waals surface area (Å²) in [4.78, 5) is 8.73. The van der Waals surface area contributed by atoms with Crippen LogP contribution in [0.3, 0.4) is 0 Å². The first-order valence-electron chi connectivity index (χ1n) is 11.3. The molecular formula is C30H22N4. The number of rotatable bonds is 5. The number of imidazole rings is 1. The molecular weight excluding hydrogens is 416 g/mol. The average molecular weight is 439 g/mol. The Kier molecular flexibility index (Phi) is 5.09. The van der Waals surface area contributed by atoms with Gasteiger partial charge in [0.15, 0.2) is 0 Å². The van der Waals surface area contributed by atoms with Crippen molar-refractivity contribution in [3.05, 3.63) is 128 Å². The van der Waals surface area contributed by atoms with E-state index >= 15 is 0 Å². The first-order valence-corrected chi connectivity index (χ1v) is 11.3. The van der Waals surface area contributed by atoms with Crippen LogP contribution in [0.15, 0.2) is 128 Å². The summed E-state index contributed by atoms with van der Waals surface area (Å²) < 4.78 is 1.92. The first kappa shape index (κ1) is 19.9. The van der Waals surface area contributed by atoms with Crippen molar-refractivity contribution < 1.29 is 0 Å². The maximum Gasteiger partial charge on any atom is 0.142 e. The molecule has 0 unspecified atom stereocenters. The van der Waals surface area contributed by atoms with E-state index < -0.39 is 0 Å². The molecule has 2 aromatic heterocycles. The Balaban J connectivity index is 1.57. The fourth-order valence-corrected chi connectivity index (χ4v) is 4.19. The van der Waals surface area contributed by atoms with Crippen molar-refractivity contribution in [3.8, 4) is 50.8 Å². The third kappa shape index (κ3) is 3.71. The maximum atomic E-state index is 5.11. The second-order valence-electron chi connectivity index (χ2n) is 8.08. The van der Waals surface area contributed by atoms with E-state index in [1.54, 1.807) is 0 Å². The molecule has 162 valence electrons. The highest BCUT2D eigenvalue weighted by Crippen LogP contribution is 2.36. The van der Waals surface area contributed by atoms with Gasteiger partial charge >= 0.3 is 0 Å². The van der Waals surface area contributed by atoms with Crippen molar-refractivity contribution >= 4 is 0 Å². The van der Waals surface area contributed by atoms with Crippen LogP contribution in [0.4, 0.5) is 0 Å². The molecule has 4 nitrogen and oxygen atoms in total. The Morgan fingerprint density at radius 3 is 1.62 bits per heavy atom. The Bertz CT molecular complexity index is 1460. The van der Waals surface area contributed by atoms with Crippen LogP contribution in [0, 0.1) is 0 Å². The zero-order valence-electron chi connectivity index (χ0n) is 18.5. The molecule has 0 atom stereocenters. The van der Waals surface area contributed by atoms with Gasteiger partial charge in [0.1, 0.15) is 11.5 Å². The second kappa shape index (κ2) is 8.68. The Labute approximate surface area is 198 Å². The van der Waals surface area contributed by atoms with E-state index in [2.05, 4.69) is 59.7 Å². The van der Waals surface area contributed by atoms with E-state index in [4.69, 9.17) is 10.1 Å². The minimum absolute atomic E-state index is 0.791. The van der Waals surface area contributed by atoms with Gasteiger partial charge in [-0.1, -0.05) is 109 Å². The number of H-pyrrole nitrogens is 1. The smallest absolute Gasteiger partial charge is 0.142 e. The monoisotopic (exact) mass is 438 g/mol. The molecule has 0 spiro atoms. The summed E-state index contributed by atoms with van der Waals surface area (Å²) in [7, 11) is 0. The van der Waals surface area contributed by atoms with Crippen LogP contribution in [0.5, 0.6) is 0 Å². The fourth-order valence-electron chi connectivity index (χ4n) is 4.19. The van der Waals surface area contributed by atoms with Gasteiger partial charge in [0, 0.05) is 22.9 Å². The SMILES string of the molecule is c1ccc(-c2nn(-c3ccccc3)cc2-c2nc(-c3ccccc3)c(-c3ccccc3)[nH]2)cc1. The van der Waals surface area contributed by atoms with E-state index in [1.807, 2.05) is 77.5 Å². The summed E-state index contributed by atoms with van der Waals surface area (Å²) in [5.74, 6) is 0.791. The van der Waals surface area contributed by atoms with Crippen LogP contribution in [0.25, 0.3) is 50.8 Å². The second-order valence-corrected chi connectivity index (χ2v) is 8.08. The minimum Gasteiger partial charge on any atom is -0.337 e. The van der Waals surface area contributed by atoms with Gasteiger partial charge in [0.2, 0.25) is 0 Å². The van der Waals surface area contributed by atoms with Gasteiger partial charge in [0.25, 0.3) is 0 Å². The van der Waals surface area contributed by atoms with Crippen LogP contribution in [0.1, 0.15) is 0 Å². The molecule has 6 aromatic rings. The number of nitrogens with one attached hydrogen (secondary N) is 1. The number of hydrogen-bond donors (Lipinski definition) is 1. The van der Waals surface area contributed by atoms with Crippen LogP contribution in [-0.2, 0) is 0 Å². The summed E-state index contributed by atoms with van der Waals surface area (Å²) in [6.07, 6.45) is 2.06. The lowest BCUT2D eigenvalue weighted by Gasteiger charge is -2.02. The molecule has 0 saturated carbocycles. The van der Waals surface area contributed by atoms with Gasteiger partial charge in [-0.3, -0.25) is 0 Å². The van der Waals surface area contributed by atoms with Gasteiger partial charge in [0.05, 0.1) is 22.6 Å². The molecule has 0 aliphatic heterocycles. The van der Waals surface area contributed by atoms with E-state index in [0.29, 0.717) is 0 Å². The predicted molar refractivity (Wildman–Crippen MR) is 137 cm³/mol. The highest BCUT2D eigenvalue weighted by atomic mass is 15.3. The first-order chi connectivity index (χ1) is 16.9. The Morgan fingerprint density at radius 2 is 1.03 bits per heavy atom. The normalized spacial score (nSPS) is 10.9. The summed E-state index contributed by atoms with van der Waals surface area (Å²) in [6, 6.07) is 41.1. The van der Waals surface area contributed by atoms with Crippen LogP contribution >= 0.6 is 0 Å². The third-order valence-electron chi connectivity index (χ3n) is 5.85. The molecule has 1 N–H and O–H groups in total. The number of benzene rings is 4. The molecule has 34 heavy (non-hydrogen) atoms. The molecule has 2 heterocycles. The van der Waals surface area contributed by atoms with Crippen molar-refractivity contribution in [2.75, 3.05) is 0 Å². The molecule has 0 radical (unpaired) electrons. The highest BCUT2D eigenvalue weighted by Gasteiger charge is 2.20. The standard InChI is InChI=1S/C30H22N4/c1-5-13-22(14-6-1)27-26(21-34(33-27)25-19-11-4-12-20-25)30-31-28(23-15-7-2-8-16-23)29(32-30)24-17-9-3-10-18-24/h1-21H,(H,31,32). The van der Waals surface area contributed by atoms with Crippen molar-refractivity contribution in [1.82, 2.24) is 19.7 Å². The number of nitrogens with zero attached hydrogens (tertiary/aromatic N) is 3. The van der Waals surface area contributed by atoms with E-state index in [0.717, 1.165) is 50.8 Å². The number of aromatic nitrogens is 4. The topological polar surface area (TPSA) is 46.5 Å². The number of hydrogen-bond acceptors (Lipinski definition) is 2. The Hall–Kier alpha value is -4.70. The van der Waals surface area contributed by atoms with Gasteiger partial charge in [-0.25, -0.2) is 9.67 Å². The van der Waals surface area contributed by atoms with E-state index in [9.17, 15) is 0 Å². The number of aromatic amines is 1. The average Bonchev–Trinajstić information content (AvgIpc) is 3.56. The third-order valence-corrected chi connectivity index (χ3v) is 5.85. The van der Waals surface area contributed by atoms with Crippen LogP contribution in [0.2, 0.25) is 0 Å². The summed E-state index contributed by atoms with van der Waals surface area (Å²) in [6.45, 7) is 0. The predicted octanol–water partition coefficient (Wildman–Crippen LogP) is 7.26. The van der Waals surface area contributed by atoms with Crippen LogP contribution < -0.4 is 0 Å². The molecule has 6 rings (SSSR count). The molecule has 0 aliphatic rings. The lowest BCUT2D eigenvalue weighted by molar-refractivity contribution is 0.884. The molecule has 0 saturated heterocycles. The van der Waals surface area contributed by atoms with Gasteiger partial charge in [-0.15, -0.1) is 0 Å². The van der Waals surface area contributed by atoms with Crippen molar-refractivity contribution in [3.63, 3.8) is 0 Å². The highest BCUT2D eigenvalue weighted by molar-refractivity contribution is 5.84. The fraction of sp³-hybridized carbons (Fsp3) is 0. The summed E-state index contributed by atoms with van der Waals surface area (Å²) in [5.41, 5.74) is 7.97. The minimum atomic E-state index is 0.791. The summed E-state index contributed by atoms with van der Waals surface area (Å²) >= 11 is 0. The lowest BCUT2D eigenvalue weighted by Crippen LogP contribution is -1.93.